The number of nitrogens with two attached hydrogens (primary N) is 1. The first kappa shape index (κ1) is 12.6. The fourth-order valence-corrected chi connectivity index (χ4v) is 2.26. The van der Waals surface area contributed by atoms with Crippen LogP contribution in [0.1, 0.15) is 16.1 Å². The highest BCUT2D eigenvalue weighted by molar-refractivity contribution is 6.30. The number of pyridine rings is 1. The van der Waals surface area contributed by atoms with Gasteiger partial charge in [-0.3, -0.25) is 4.79 Å². The Bertz CT molecular complexity index is 797. The molecule has 0 saturated carbocycles. The van der Waals surface area contributed by atoms with E-state index in [9.17, 15) is 4.79 Å². The predicted octanol–water partition coefficient (Wildman–Crippen LogP) is 2.73. The van der Waals surface area contributed by atoms with Crippen LogP contribution in [0.4, 0.5) is 0 Å². The highest BCUT2D eigenvalue weighted by Crippen LogP contribution is 2.16. The summed E-state index contributed by atoms with van der Waals surface area (Å²) in [4.78, 5) is 12.5. The average molecular weight is 284 g/mol. The van der Waals surface area contributed by atoms with Gasteiger partial charge in [0, 0.05) is 22.0 Å². The number of aromatic nitrogens is 1. The number of ketones is 1. The molecule has 3 nitrogen and oxygen atoms in total. The Labute approximate surface area is 121 Å². The maximum atomic E-state index is 12.5. The van der Waals surface area contributed by atoms with Crippen LogP contribution in [0, 0.1) is 0 Å². The third-order valence-corrected chi connectivity index (χ3v) is 3.44. The Hall–Kier alpha value is -2.39. The van der Waals surface area contributed by atoms with Crippen molar-refractivity contribution in [1.82, 2.24) is 0 Å². The minimum Gasteiger partial charge on any atom is -0.282 e. The fraction of sp³-hybridized carbons (Fsp3) is 0. The summed E-state index contributed by atoms with van der Waals surface area (Å²) in [7, 11) is 0. The highest BCUT2D eigenvalue weighted by atomic mass is 35.5. The summed E-state index contributed by atoms with van der Waals surface area (Å²) in [5, 5.41) is 2.56. The Morgan fingerprint density at radius 1 is 1.00 bits per heavy atom. The molecule has 0 bridgehead atoms. The first-order chi connectivity index (χ1) is 9.65. The van der Waals surface area contributed by atoms with E-state index in [4.69, 9.17) is 17.4 Å². The Morgan fingerprint density at radius 2 is 1.65 bits per heavy atom. The first-order valence-electron chi connectivity index (χ1n) is 6.15. The zero-order chi connectivity index (χ0) is 14.1. The molecule has 0 aliphatic rings. The van der Waals surface area contributed by atoms with Crippen LogP contribution in [0.5, 0.6) is 0 Å². The second-order valence-corrected chi connectivity index (χ2v) is 4.97. The SMILES string of the molecule is N[n+]1cc2ccccc2cc1C(=O)c1ccc(Cl)cc1. The molecule has 0 aliphatic carbocycles. The quantitative estimate of drug-likeness (QED) is 0.447. The van der Waals surface area contributed by atoms with Crippen molar-refractivity contribution in [3.63, 3.8) is 0 Å². The molecule has 2 aromatic carbocycles. The lowest BCUT2D eigenvalue weighted by molar-refractivity contribution is -0.639. The number of carbonyl (C=O) groups excluding carboxylic acids is 1. The van der Waals surface area contributed by atoms with Gasteiger partial charge >= 0.3 is 0 Å². The van der Waals surface area contributed by atoms with E-state index in [-0.39, 0.29) is 5.78 Å². The molecule has 1 heterocycles. The van der Waals surface area contributed by atoms with Crippen LogP contribution >= 0.6 is 11.6 Å². The van der Waals surface area contributed by atoms with Crippen molar-refractivity contribution in [2.75, 3.05) is 5.84 Å². The molecule has 3 aromatic rings. The van der Waals surface area contributed by atoms with E-state index in [0.29, 0.717) is 16.3 Å². The van der Waals surface area contributed by atoms with Crippen LogP contribution in [0.3, 0.4) is 0 Å². The molecule has 3 rings (SSSR count). The zero-order valence-corrected chi connectivity index (χ0v) is 11.3. The van der Waals surface area contributed by atoms with Crippen molar-refractivity contribution in [2.45, 2.75) is 0 Å². The fourth-order valence-electron chi connectivity index (χ4n) is 2.13. The van der Waals surface area contributed by atoms with Crippen LogP contribution < -0.4 is 10.5 Å². The normalized spacial score (nSPS) is 10.7. The van der Waals surface area contributed by atoms with Gasteiger partial charge in [0.2, 0.25) is 6.20 Å². The van der Waals surface area contributed by atoms with E-state index in [1.54, 1.807) is 36.5 Å². The third kappa shape index (κ3) is 2.24. The summed E-state index contributed by atoms with van der Waals surface area (Å²) in [5.41, 5.74) is 0.995. The monoisotopic (exact) mass is 283 g/mol. The van der Waals surface area contributed by atoms with Gasteiger partial charge in [-0.1, -0.05) is 34.5 Å². The third-order valence-electron chi connectivity index (χ3n) is 3.18. The average Bonchev–Trinajstić information content (AvgIpc) is 2.46. The van der Waals surface area contributed by atoms with Crippen LogP contribution in [0.15, 0.2) is 60.8 Å². The van der Waals surface area contributed by atoms with E-state index < -0.39 is 0 Å². The Balaban J connectivity index is 2.11. The Morgan fingerprint density at radius 3 is 2.35 bits per heavy atom. The number of hydrogen-bond acceptors (Lipinski definition) is 2. The molecular formula is C16H12ClN2O+. The summed E-state index contributed by atoms with van der Waals surface area (Å²) in [6.45, 7) is 0. The van der Waals surface area contributed by atoms with E-state index in [1.807, 2.05) is 24.3 Å². The van der Waals surface area contributed by atoms with Crippen molar-refractivity contribution >= 4 is 28.2 Å². The van der Waals surface area contributed by atoms with E-state index in [2.05, 4.69) is 0 Å². The van der Waals surface area contributed by atoms with E-state index in [1.165, 1.54) is 4.68 Å². The standard InChI is InChI=1S/C16H11ClN2O/c17-14-7-5-11(6-8-14)16(20)15-9-12-3-1-2-4-13(12)10-19(15)18/h1-10H,(H-,18,20)/p+1. The van der Waals surface area contributed by atoms with E-state index >= 15 is 0 Å². The predicted molar refractivity (Wildman–Crippen MR) is 79.2 cm³/mol. The van der Waals surface area contributed by atoms with E-state index in [0.717, 1.165) is 10.8 Å². The number of fused-ring (bicyclic) bond motifs is 1. The summed E-state index contributed by atoms with van der Waals surface area (Å²) in [5.74, 6) is 5.79. The minimum atomic E-state index is -0.130. The van der Waals surface area contributed by atoms with Crippen molar-refractivity contribution in [3.8, 4) is 0 Å². The molecule has 0 unspecified atom stereocenters. The van der Waals surface area contributed by atoms with Gasteiger partial charge in [-0.15, -0.1) is 0 Å². The molecule has 0 radical (unpaired) electrons. The van der Waals surface area contributed by atoms with Crippen LogP contribution in [-0.2, 0) is 0 Å². The molecule has 0 amide bonds. The molecule has 0 saturated heterocycles. The van der Waals surface area contributed by atoms with Gasteiger partial charge in [0.25, 0.3) is 11.5 Å². The maximum Gasteiger partial charge on any atom is 0.283 e. The van der Waals surface area contributed by atoms with Gasteiger partial charge in [0.1, 0.15) is 0 Å². The molecule has 1 aromatic heterocycles. The van der Waals surface area contributed by atoms with Crippen molar-refractivity contribution in [1.29, 1.82) is 0 Å². The number of halogens is 1. The Kier molecular flexibility index (Phi) is 3.12. The van der Waals surface area contributed by atoms with Gasteiger partial charge in [-0.05, 0) is 35.7 Å². The molecule has 20 heavy (non-hydrogen) atoms. The molecule has 0 atom stereocenters. The molecular weight excluding hydrogens is 272 g/mol. The van der Waals surface area contributed by atoms with Crippen molar-refractivity contribution in [2.24, 2.45) is 0 Å². The lowest BCUT2D eigenvalue weighted by Crippen LogP contribution is -2.49. The second kappa shape index (κ2) is 4.94. The van der Waals surface area contributed by atoms with Crippen molar-refractivity contribution < 1.29 is 9.47 Å². The van der Waals surface area contributed by atoms with Gasteiger partial charge in [0.05, 0.1) is 0 Å². The van der Waals surface area contributed by atoms with Gasteiger partial charge in [-0.2, -0.15) is 0 Å². The smallest absolute Gasteiger partial charge is 0.282 e. The summed E-state index contributed by atoms with van der Waals surface area (Å²) < 4.78 is 1.36. The van der Waals surface area contributed by atoms with Crippen molar-refractivity contribution in [3.05, 3.63) is 77.1 Å². The number of nitrogen functional groups attached to an aromatic ring is 1. The van der Waals surface area contributed by atoms with Gasteiger partial charge in [0.15, 0.2) is 0 Å². The topological polar surface area (TPSA) is 47.0 Å². The number of carbonyl (C=O) groups is 1. The molecule has 0 fully saturated rings. The summed E-state index contributed by atoms with van der Waals surface area (Å²) in [6, 6.07) is 16.3. The number of nitrogens with zero attached hydrogens (tertiary/aromatic N) is 1. The first-order valence-corrected chi connectivity index (χ1v) is 6.53. The zero-order valence-electron chi connectivity index (χ0n) is 10.6. The molecule has 98 valence electrons. The number of hydrogen-bond donors (Lipinski definition) is 1. The number of benzene rings is 2. The summed E-state index contributed by atoms with van der Waals surface area (Å²) in [6.07, 6.45) is 1.75. The minimum absolute atomic E-state index is 0.130. The largest absolute Gasteiger partial charge is 0.283 e. The molecule has 0 spiro atoms. The maximum absolute atomic E-state index is 12.5. The van der Waals surface area contributed by atoms with Crippen LogP contribution in [0.2, 0.25) is 5.02 Å². The lowest BCUT2D eigenvalue weighted by Gasteiger charge is -2.01. The second-order valence-electron chi connectivity index (χ2n) is 4.53. The lowest BCUT2D eigenvalue weighted by atomic mass is 10.1. The number of rotatable bonds is 2. The molecule has 4 heteroatoms. The van der Waals surface area contributed by atoms with Gasteiger partial charge < -0.3 is 0 Å². The van der Waals surface area contributed by atoms with Gasteiger partial charge in [-0.25, -0.2) is 5.84 Å². The molecule has 0 aliphatic heterocycles. The highest BCUT2D eigenvalue weighted by Gasteiger charge is 2.20. The van der Waals surface area contributed by atoms with Crippen LogP contribution in [0.25, 0.3) is 10.8 Å². The van der Waals surface area contributed by atoms with Crippen LogP contribution in [-0.4, -0.2) is 5.78 Å². The molecule has 2 N–H and O–H groups in total. The summed E-state index contributed by atoms with van der Waals surface area (Å²) >= 11 is 5.83.